The van der Waals surface area contributed by atoms with Crippen LogP contribution in [0, 0.1) is 6.92 Å². The van der Waals surface area contributed by atoms with Crippen molar-refractivity contribution in [3.05, 3.63) is 309 Å². The van der Waals surface area contributed by atoms with E-state index in [-0.39, 0.29) is 20.9 Å². The van der Waals surface area contributed by atoms with Crippen LogP contribution < -0.4 is 40.9 Å². The third-order valence-electron chi connectivity index (χ3n) is 18.0. The maximum absolute atomic E-state index is 9.74. The largest absolute Gasteiger partial charge is 0.416 e. The fourth-order valence-corrected chi connectivity index (χ4v) is 16.0. The molecule has 14 aromatic rings. The van der Waals surface area contributed by atoms with E-state index in [0.717, 1.165) is 127 Å². The summed E-state index contributed by atoms with van der Waals surface area (Å²) in [6, 6.07) is 108. The zero-order valence-electron chi connectivity index (χ0n) is 50.8. The van der Waals surface area contributed by atoms with Crippen molar-refractivity contribution in [2.45, 2.75) is 19.9 Å². The summed E-state index contributed by atoms with van der Waals surface area (Å²) in [5, 5.41) is 1.67. The first-order valence-electron chi connectivity index (χ1n) is 31.2. The molecule has 406 valence electrons. The van der Waals surface area contributed by atoms with Gasteiger partial charge in [0, 0.05) is 26.9 Å². The molecule has 10 heteroatoms. The van der Waals surface area contributed by atoms with E-state index in [2.05, 4.69) is 333 Å². The van der Waals surface area contributed by atoms with E-state index < -0.39 is 14.5 Å². The molecule has 0 bridgehead atoms. The number of para-hydroxylation sites is 5. The number of imidazole rings is 2. The minimum atomic E-state index is -3.67. The normalized spacial score (nSPS) is 14.4. The lowest BCUT2D eigenvalue weighted by Gasteiger charge is -2.57. The van der Waals surface area contributed by atoms with Crippen molar-refractivity contribution in [3.8, 4) is 50.2 Å². The predicted octanol–water partition coefficient (Wildman–Crippen LogP) is 14.6. The van der Waals surface area contributed by atoms with Crippen molar-refractivity contribution in [3.63, 3.8) is 0 Å². The molecule has 2 aromatic heterocycles. The summed E-state index contributed by atoms with van der Waals surface area (Å²) in [4.78, 5) is 5.34. The molecule has 1 fully saturated rings. The standard InChI is InChI=1S/C76H59B3N6Si/c1-54-26-25-43-74-75(54)80-76-81(72-41-23-24-42-73(72)82(74)76)61-46-50-68-64-37-19-20-38-65(64)69-51-49-63(53-71(69)67-40-22-21-39-66(67)70(68)52-61)86(2,3)62-47-44-60(45-48-62)85-78(56-29-11-5-12-30-56)83(58-33-15-7-16-34-58)77(55-27-9-4-10-28-55)84(59-35-17-8-18-36-59)79(85)57-31-13-6-14-32-57/h4-53H,1-3H3/i2D3. The number of anilines is 3. The van der Waals surface area contributed by atoms with E-state index in [9.17, 15) is 4.11 Å². The fourth-order valence-electron chi connectivity index (χ4n) is 14.0. The zero-order chi connectivity index (χ0) is 60.0. The Hall–Kier alpha value is -10.3. The van der Waals surface area contributed by atoms with Gasteiger partial charge >= 0.3 is 20.9 Å². The second-order valence-corrected chi connectivity index (χ2v) is 26.4. The molecule has 1 unspecified atom stereocenters. The first-order chi connectivity index (χ1) is 43.6. The second-order valence-electron chi connectivity index (χ2n) is 23.0. The van der Waals surface area contributed by atoms with E-state index >= 15 is 0 Å². The summed E-state index contributed by atoms with van der Waals surface area (Å²) in [6.45, 7) is 0.864. The van der Waals surface area contributed by atoms with Gasteiger partial charge in [-0.15, -0.1) is 0 Å². The number of aromatic nitrogens is 3. The van der Waals surface area contributed by atoms with Crippen molar-refractivity contribution in [2.75, 3.05) is 14.2 Å². The van der Waals surface area contributed by atoms with Gasteiger partial charge in [0.2, 0.25) is 5.78 Å². The Kier molecular flexibility index (Phi) is 11.6. The molecule has 2 aliphatic rings. The number of benzene rings is 12. The van der Waals surface area contributed by atoms with Gasteiger partial charge in [0.15, 0.2) is 0 Å². The van der Waals surface area contributed by atoms with Crippen LogP contribution in [0.15, 0.2) is 303 Å². The lowest BCUT2D eigenvalue weighted by atomic mass is 9.37. The van der Waals surface area contributed by atoms with Gasteiger partial charge in [-0.3, -0.25) is 8.97 Å². The van der Waals surface area contributed by atoms with Crippen LogP contribution in [-0.4, -0.2) is 43.0 Å². The highest BCUT2D eigenvalue weighted by atomic mass is 28.3. The van der Waals surface area contributed by atoms with Gasteiger partial charge in [-0.2, -0.15) is 0 Å². The Balaban J connectivity index is 0.868. The second kappa shape index (κ2) is 20.8. The number of hydrogen-bond donors (Lipinski definition) is 0. The topological polar surface area (TPSA) is 32.0 Å². The number of fused-ring (bicyclic) bond motifs is 13. The Morgan fingerprint density at radius 2 is 0.721 bits per heavy atom. The first kappa shape index (κ1) is 48.1. The van der Waals surface area contributed by atoms with Crippen molar-refractivity contribution >= 4 is 101 Å². The van der Waals surface area contributed by atoms with E-state index in [1.807, 2.05) is 6.55 Å². The van der Waals surface area contributed by atoms with Crippen LogP contribution in [0.25, 0.3) is 78.0 Å². The number of aryl methyl sites for hydroxylation is 1. The third-order valence-corrected chi connectivity index (χ3v) is 21.0. The summed E-state index contributed by atoms with van der Waals surface area (Å²) >= 11 is 0. The minimum Gasteiger partial charge on any atom is -0.416 e. The maximum Gasteiger partial charge on any atom is 0.388 e. The fraction of sp³-hybridized carbons (Fsp3) is 0.0395. The summed E-state index contributed by atoms with van der Waals surface area (Å²) < 4.78 is 41.5. The number of nitrogens with zero attached hydrogens (tertiary/aromatic N) is 6. The molecule has 0 amide bonds. The third kappa shape index (κ3) is 8.30. The molecule has 0 N–H and O–H groups in total. The Bertz CT molecular complexity index is 4890. The molecule has 1 aliphatic carbocycles. The van der Waals surface area contributed by atoms with Crippen molar-refractivity contribution < 1.29 is 4.11 Å². The molecule has 0 radical (unpaired) electrons. The Morgan fingerprint density at radius 3 is 1.23 bits per heavy atom. The number of hydrogen-bond acceptors (Lipinski definition) is 4. The summed E-state index contributed by atoms with van der Waals surface area (Å²) in [7, 11) is -3.67. The molecule has 12 aromatic carbocycles. The van der Waals surface area contributed by atoms with Gasteiger partial charge in [-0.05, 0) is 140 Å². The van der Waals surface area contributed by atoms with Gasteiger partial charge in [-0.1, -0.05) is 260 Å². The van der Waals surface area contributed by atoms with Crippen LogP contribution in [0.2, 0.25) is 13.0 Å². The molecular weight excluding hydrogens is 1060 g/mol. The highest BCUT2D eigenvalue weighted by molar-refractivity contribution is 7.15. The molecule has 0 saturated carbocycles. The van der Waals surface area contributed by atoms with Crippen molar-refractivity contribution in [1.29, 1.82) is 0 Å². The molecule has 1 aliphatic heterocycles. The summed E-state index contributed by atoms with van der Waals surface area (Å²) in [5.74, 6) is 0.856. The molecule has 1 saturated heterocycles. The lowest BCUT2D eigenvalue weighted by Crippen LogP contribution is -2.86. The van der Waals surface area contributed by atoms with Crippen molar-refractivity contribution in [1.82, 2.24) is 14.0 Å². The molecule has 86 heavy (non-hydrogen) atoms. The Labute approximate surface area is 509 Å². The smallest absolute Gasteiger partial charge is 0.388 e. The van der Waals surface area contributed by atoms with Crippen LogP contribution >= 0.6 is 0 Å². The van der Waals surface area contributed by atoms with Gasteiger partial charge < -0.3 is 14.2 Å². The van der Waals surface area contributed by atoms with Gasteiger partial charge in [0.25, 0.3) is 0 Å². The van der Waals surface area contributed by atoms with Crippen LogP contribution in [-0.2, 0) is 0 Å². The minimum absolute atomic E-state index is 0.276. The van der Waals surface area contributed by atoms with Crippen LogP contribution in [0.3, 0.4) is 0 Å². The summed E-state index contributed by atoms with van der Waals surface area (Å²) in [6.07, 6.45) is 0. The molecule has 6 nitrogen and oxygen atoms in total. The van der Waals surface area contributed by atoms with Crippen LogP contribution in [0.4, 0.5) is 17.1 Å². The first-order valence-corrected chi connectivity index (χ1v) is 32.2. The molecule has 0 spiro atoms. The average Bonchev–Trinajstić information content (AvgIpc) is 1.69. The average molecular weight is 1120 g/mol. The van der Waals surface area contributed by atoms with Crippen LogP contribution in [0.1, 0.15) is 9.68 Å². The van der Waals surface area contributed by atoms with Gasteiger partial charge in [0.1, 0.15) is 8.07 Å². The quantitative estimate of drug-likeness (QED) is 0.135. The Morgan fingerprint density at radius 1 is 0.337 bits per heavy atom. The van der Waals surface area contributed by atoms with E-state index in [0.29, 0.717) is 0 Å². The SMILES string of the molecule is [2H]C([2H])([2H])[Si](C)(c1ccc(N2B(c3ccccc3)N(c3ccccc3)B(c3ccccc3)N(c3ccccc3)B2c2ccccc2)cc1)c1ccc2c(c1)-c1ccccc1-c1cc(-n3c4ccccc4n4c5cccc(C)c5nc34)ccc1-c1ccccc1-2. The lowest BCUT2D eigenvalue weighted by molar-refractivity contribution is 1.11. The molecule has 1 atom stereocenters. The highest BCUT2D eigenvalue weighted by Gasteiger charge is 2.56. The highest BCUT2D eigenvalue weighted by Crippen LogP contribution is 2.48. The molecular formula is C76H59B3N6Si. The van der Waals surface area contributed by atoms with E-state index in [4.69, 9.17) is 4.98 Å². The zero-order valence-corrected chi connectivity index (χ0v) is 48.8. The van der Waals surface area contributed by atoms with Crippen molar-refractivity contribution in [2.24, 2.45) is 0 Å². The predicted molar refractivity (Wildman–Crippen MR) is 369 cm³/mol. The van der Waals surface area contributed by atoms with Gasteiger partial charge in [-0.25, -0.2) is 4.98 Å². The maximum atomic E-state index is 9.74. The van der Waals surface area contributed by atoms with E-state index in [1.54, 1.807) is 0 Å². The molecule has 16 rings (SSSR count). The monoisotopic (exact) mass is 1120 g/mol. The van der Waals surface area contributed by atoms with Gasteiger partial charge in [0.05, 0.1) is 22.1 Å². The summed E-state index contributed by atoms with van der Waals surface area (Å²) in [5.41, 5.74) is 21.4. The number of rotatable bonds is 9. The molecule has 3 heterocycles. The van der Waals surface area contributed by atoms with Crippen LogP contribution in [0.5, 0.6) is 0 Å². The van der Waals surface area contributed by atoms with E-state index in [1.165, 1.54) is 0 Å².